The van der Waals surface area contributed by atoms with Crippen LogP contribution in [0.3, 0.4) is 0 Å². The molecular weight excluding hydrogens is 214 g/mol. The highest BCUT2D eigenvalue weighted by atomic mass is 16.2. The Morgan fingerprint density at radius 3 is 2.88 bits per heavy atom. The van der Waals surface area contributed by atoms with Crippen molar-refractivity contribution in [3.63, 3.8) is 0 Å². The Bertz CT molecular complexity index is 223. The fourth-order valence-electron chi connectivity index (χ4n) is 1.99. The van der Waals surface area contributed by atoms with Crippen LogP contribution in [0.25, 0.3) is 0 Å². The van der Waals surface area contributed by atoms with Gasteiger partial charge in [0.2, 0.25) is 5.91 Å². The van der Waals surface area contributed by atoms with Gasteiger partial charge in [0.25, 0.3) is 0 Å². The van der Waals surface area contributed by atoms with E-state index in [1.807, 2.05) is 0 Å². The molecule has 0 bridgehead atoms. The normalized spacial score (nSPS) is 21.6. The second-order valence-corrected chi connectivity index (χ2v) is 5.22. The Labute approximate surface area is 105 Å². The lowest BCUT2D eigenvalue weighted by molar-refractivity contribution is -0.123. The monoisotopic (exact) mass is 241 g/mol. The predicted octanol–water partition coefficient (Wildman–Crippen LogP) is 0.975. The molecule has 1 rings (SSSR count). The number of rotatable bonds is 5. The lowest BCUT2D eigenvalue weighted by Crippen LogP contribution is -2.46. The van der Waals surface area contributed by atoms with E-state index in [0.717, 1.165) is 32.5 Å². The molecule has 100 valence electrons. The molecule has 1 unspecified atom stereocenters. The number of hydrogen-bond donors (Lipinski definition) is 2. The maximum absolute atomic E-state index is 11.9. The Morgan fingerprint density at radius 2 is 2.18 bits per heavy atom. The van der Waals surface area contributed by atoms with E-state index >= 15 is 0 Å². The minimum absolute atomic E-state index is 0.0295. The van der Waals surface area contributed by atoms with Crippen LogP contribution in [-0.4, -0.2) is 49.6 Å². The third-order valence-electron chi connectivity index (χ3n) is 3.52. The molecule has 1 aliphatic heterocycles. The number of nitrogens with zero attached hydrogens (tertiary/aromatic N) is 1. The summed E-state index contributed by atoms with van der Waals surface area (Å²) in [5.41, 5.74) is 0. The van der Waals surface area contributed by atoms with Crippen molar-refractivity contribution in [2.75, 3.05) is 26.7 Å². The van der Waals surface area contributed by atoms with Gasteiger partial charge in [-0.2, -0.15) is 0 Å². The maximum Gasteiger partial charge on any atom is 0.237 e. The molecule has 1 saturated heterocycles. The van der Waals surface area contributed by atoms with Crippen LogP contribution < -0.4 is 10.6 Å². The van der Waals surface area contributed by atoms with Gasteiger partial charge >= 0.3 is 0 Å². The summed E-state index contributed by atoms with van der Waals surface area (Å²) in [6.45, 7) is 6.95. The summed E-state index contributed by atoms with van der Waals surface area (Å²) in [6, 6.07) is 0.560. The fourth-order valence-corrected chi connectivity index (χ4v) is 1.99. The van der Waals surface area contributed by atoms with Crippen LogP contribution in [0.2, 0.25) is 0 Å². The Hall–Kier alpha value is -0.610. The van der Waals surface area contributed by atoms with Crippen molar-refractivity contribution in [3.05, 3.63) is 0 Å². The van der Waals surface area contributed by atoms with Crippen LogP contribution in [0.1, 0.15) is 39.5 Å². The van der Waals surface area contributed by atoms with Crippen LogP contribution in [0.15, 0.2) is 0 Å². The van der Waals surface area contributed by atoms with Crippen molar-refractivity contribution in [1.82, 2.24) is 15.5 Å². The summed E-state index contributed by atoms with van der Waals surface area (Å²) in [5, 5.41) is 6.34. The number of likely N-dealkylation sites (N-methyl/N-ethyl adjacent to an activating group) is 1. The van der Waals surface area contributed by atoms with Crippen LogP contribution in [-0.2, 0) is 4.79 Å². The minimum atomic E-state index is 0.0295. The topological polar surface area (TPSA) is 44.4 Å². The standard InChI is InChI=1S/C13H27N3O/c1-11(2)16(3)10-9-15-13(17)12-7-5-4-6-8-14-12/h11-12,14H,4-10H2,1-3H3,(H,15,17). The summed E-state index contributed by atoms with van der Waals surface area (Å²) >= 11 is 0. The largest absolute Gasteiger partial charge is 0.353 e. The van der Waals surface area contributed by atoms with Gasteiger partial charge in [-0.05, 0) is 40.3 Å². The minimum Gasteiger partial charge on any atom is -0.353 e. The van der Waals surface area contributed by atoms with E-state index in [1.165, 1.54) is 12.8 Å². The summed E-state index contributed by atoms with van der Waals surface area (Å²) in [5.74, 6) is 0.170. The SMILES string of the molecule is CC(C)N(C)CCNC(=O)C1CCCCCN1. The second-order valence-electron chi connectivity index (χ2n) is 5.22. The van der Waals surface area contributed by atoms with Crippen LogP contribution in [0, 0.1) is 0 Å². The van der Waals surface area contributed by atoms with Crippen molar-refractivity contribution in [3.8, 4) is 0 Å². The quantitative estimate of drug-likeness (QED) is 0.754. The predicted molar refractivity (Wildman–Crippen MR) is 71.0 cm³/mol. The van der Waals surface area contributed by atoms with Crippen molar-refractivity contribution in [2.24, 2.45) is 0 Å². The molecule has 4 nitrogen and oxygen atoms in total. The number of carbonyl (C=O) groups is 1. The Kier molecular flexibility index (Phi) is 6.52. The molecule has 0 aromatic carbocycles. The molecule has 0 spiro atoms. The van der Waals surface area contributed by atoms with E-state index in [9.17, 15) is 4.79 Å². The van der Waals surface area contributed by atoms with Gasteiger partial charge in [-0.3, -0.25) is 4.79 Å². The first kappa shape index (κ1) is 14.5. The number of nitrogens with one attached hydrogen (secondary N) is 2. The van der Waals surface area contributed by atoms with Crippen molar-refractivity contribution in [2.45, 2.75) is 51.6 Å². The third kappa shape index (κ3) is 5.50. The summed E-state index contributed by atoms with van der Waals surface area (Å²) in [7, 11) is 2.08. The zero-order chi connectivity index (χ0) is 12.7. The van der Waals surface area contributed by atoms with E-state index in [1.54, 1.807) is 0 Å². The Balaban J connectivity index is 2.19. The van der Waals surface area contributed by atoms with Gasteiger partial charge in [0.15, 0.2) is 0 Å². The summed E-state index contributed by atoms with van der Waals surface area (Å²) in [4.78, 5) is 14.1. The zero-order valence-electron chi connectivity index (χ0n) is 11.5. The smallest absolute Gasteiger partial charge is 0.237 e. The first-order valence-electron chi connectivity index (χ1n) is 6.82. The highest BCUT2D eigenvalue weighted by Crippen LogP contribution is 2.08. The second kappa shape index (κ2) is 7.67. The van der Waals surface area contributed by atoms with E-state index in [0.29, 0.717) is 6.04 Å². The molecule has 1 amide bonds. The molecule has 17 heavy (non-hydrogen) atoms. The maximum atomic E-state index is 11.9. The van der Waals surface area contributed by atoms with Gasteiger partial charge in [0.1, 0.15) is 0 Å². The lowest BCUT2D eigenvalue weighted by atomic mass is 10.1. The van der Waals surface area contributed by atoms with E-state index in [2.05, 4.69) is 36.4 Å². The Morgan fingerprint density at radius 1 is 1.41 bits per heavy atom. The average molecular weight is 241 g/mol. The van der Waals surface area contributed by atoms with Gasteiger partial charge in [-0.1, -0.05) is 12.8 Å². The van der Waals surface area contributed by atoms with Crippen molar-refractivity contribution in [1.29, 1.82) is 0 Å². The van der Waals surface area contributed by atoms with Gasteiger partial charge in [-0.15, -0.1) is 0 Å². The van der Waals surface area contributed by atoms with Crippen LogP contribution >= 0.6 is 0 Å². The summed E-state index contributed by atoms with van der Waals surface area (Å²) in [6.07, 6.45) is 4.58. The van der Waals surface area contributed by atoms with Gasteiger partial charge in [-0.25, -0.2) is 0 Å². The highest BCUT2D eigenvalue weighted by molar-refractivity contribution is 5.81. The number of carbonyl (C=O) groups excluding carboxylic acids is 1. The molecule has 1 heterocycles. The van der Waals surface area contributed by atoms with Crippen molar-refractivity contribution >= 4 is 5.91 Å². The van der Waals surface area contributed by atoms with Gasteiger partial charge in [0.05, 0.1) is 6.04 Å². The van der Waals surface area contributed by atoms with Crippen LogP contribution in [0.4, 0.5) is 0 Å². The van der Waals surface area contributed by atoms with E-state index in [4.69, 9.17) is 0 Å². The third-order valence-corrected chi connectivity index (χ3v) is 3.52. The molecule has 1 aliphatic rings. The summed E-state index contributed by atoms with van der Waals surface area (Å²) < 4.78 is 0. The van der Waals surface area contributed by atoms with E-state index < -0.39 is 0 Å². The molecule has 1 atom stereocenters. The highest BCUT2D eigenvalue weighted by Gasteiger charge is 2.18. The number of amides is 1. The van der Waals surface area contributed by atoms with E-state index in [-0.39, 0.29) is 11.9 Å². The molecule has 0 radical (unpaired) electrons. The van der Waals surface area contributed by atoms with Crippen molar-refractivity contribution < 1.29 is 4.79 Å². The van der Waals surface area contributed by atoms with Gasteiger partial charge in [0, 0.05) is 19.1 Å². The molecule has 0 saturated carbocycles. The first-order chi connectivity index (χ1) is 8.11. The molecule has 2 N–H and O–H groups in total. The molecule has 0 aromatic heterocycles. The fraction of sp³-hybridized carbons (Fsp3) is 0.923. The molecule has 0 aliphatic carbocycles. The number of hydrogen-bond acceptors (Lipinski definition) is 3. The molecule has 1 fully saturated rings. The molecule has 4 heteroatoms. The molecular formula is C13H27N3O. The first-order valence-corrected chi connectivity index (χ1v) is 6.82. The van der Waals surface area contributed by atoms with Crippen LogP contribution in [0.5, 0.6) is 0 Å². The zero-order valence-corrected chi connectivity index (χ0v) is 11.5. The average Bonchev–Trinajstić information content (AvgIpc) is 2.57. The molecule has 0 aromatic rings. The van der Waals surface area contributed by atoms with Gasteiger partial charge < -0.3 is 15.5 Å². The lowest BCUT2D eigenvalue weighted by Gasteiger charge is -2.22.